The Kier molecular flexibility index (Phi) is 3.71. The van der Waals surface area contributed by atoms with E-state index in [-0.39, 0.29) is 5.52 Å². The fourth-order valence-electron chi connectivity index (χ4n) is 2.25. The maximum absolute atomic E-state index is 14.1. The minimum absolute atomic E-state index is 0.215. The molecule has 0 fully saturated rings. The van der Waals surface area contributed by atoms with Gasteiger partial charge < -0.3 is 10.3 Å². The summed E-state index contributed by atoms with van der Waals surface area (Å²) in [7, 11) is 1.82. The highest BCUT2D eigenvalue weighted by atomic mass is 19.1. The van der Waals surface area contributed by atoms with Gasteiger partial charge in [-0.1, -0.05) is 12.1 Å². The van der Waals surface area contributed by atoms with Gasteiger partial charge in [0.05, 0.1) is 30.1 Å². The van der Waals surface area contributed by atoms with Crippen LogP contribution in [0.15, 0.2) is 41.9 Å². The van der Waals surface area contributed by atoms with E-state index in [1.165, 1.54) is 12.3 Å². The lowest BCUT2D eigenvalue weighted by atomic mass is 10.1. The number of carbonyl (C=O) groups excluding carboxylic acids is 1. The molecule has 2 heterocycles. The molecule has 7 nitrogen and oxygen atoms in total. The molecule has 3 aromatic rings. The highest BCUT2D eigenvalue weighted by Crippen LogP contribution is 2.25. The monoisotopic (exact) mass is 312 g/mol. The Morgan fingerprint density at radius 1 is 1.48 bits per heavy atom. The van der Waals surface area contributed by atoms with Crippen LogP contribution in [-0.4, -0.2) is 26.8 Å². The number of para-hydroxylation sites is 1. The third-order valence-corrected chi connectivity index (χ3v) is 3.28. The number of pyridine rings is 1. The molecule has 0 unspecified atom stereocenters. The lowest BCUT2D eigenvalue weighted by Crippen LogP contribution is -2.24. The number of benzene rings is 1. The molecule has 1 aromatic carbocycles. The van der Waals surface area contributed by atoms with Crippen molar-refractivity contribution in [3.63, 3.8) is 0 Å². The van der Waals surface area contributed by atoms with Gasteiger partial charge in [0.25, 0.3) is 0 Å². The Bertz CT molecular complexity index is 917. The fourth-order valence-corrected chi connectivity index (χ4v) is 2.25. The van der Waals surface area contributed by atoms with Crippen LogP contribution < -0.4 is 11.2 Å². The van der Waals surface area contributed by atoms with Crippen LogP contribution in [0.25, 0.3) is 22.3 Å². The van der Waals surface area contributed by atoms with Crippen molar-refractivity contribution in [2.45, 2.75) is 0 Å². The van der Waals surface area contributed by atoms with Crippen LogP contribution in [0, 0.1) is 5.82 Å². The van der Waals surface area contributed by atoms with E-state index in [0.29, 0.717) is 16.6 Å². The van der Waals surface area contributed by atoms with Gasteiger partial charge in [-0.2, -0.15) is 5.10 Å². The van der Waals surface area contributed by atoms with E-state index in [4.69, 9.17) is 5.73 Å². The predicted molar refractivity (Wildman–Crippen MR) is 84.2 cm³/mol. The highest BCUT2D eigenvalue weighted by Gasteiger charge is 2.11. The lowest BCUT2D eigenvalue weighted by Gasteiger charge is -2.08. The van der Waals surface area contributed by atoms with Crippen molar-refractivity contribution in [1.29, 1.82) is 0 Å². The van der Waals surface area contributed by atoms with Crippen LogP contribution in [0.5, 0.6) is 0 Å². The molecule has 0 aliphatic carbocycles. The van der Waals surface area contributed by atoms with Crippen LogP contribution in [0.3, 0.4) is 0 Å². The number of rotatable bonds is 3. The molecule has 116 valence electrons. The number of carbonyl (C=O) groups is 1. The van der Waals surface area contributed by atoms with Crippen molar-refractivity contribution in [1.82, 2.24) is 20.0 Å². The first kappa shape index (κ1) is 14.6. The number of primary amides is 1. The molecule has 0 atom stereocenters. The topological polar surface area (TPSA) is 98.2 Å². The Morgan fingerprint density at radius 3 is 3.00 bits per heavy atom. The minimum atomic E-state index is -0.780. The number of hydrazone groups is 1. The van der Waals surface area contributed by atoms with Crippen molar-refractivity contribution >= 4 is 23.1 Å². The smallest absolute Gasteiger partial charge is 0.332 e. The standard InChI is InChI=1S/C15H13FN6O/c1-22-8-18-7-13(22)12-5-9(6-19-21-15(17)23)10-3-2-4-11(16)14(10)20-12/h2-8H,1H3,(H3,17,21,23)/b19-6+. The fraction of sp³-hybridized carbons (Fsp3) is 0.0667. The zero-order chi connectivity index (χ0) is 16.4. The molecule has 0 saturated heterocycles. The Morgan fingerprint density at radius 2 is 2.30 bits per heavy atom. The van der Waals surface area contributed by atoms with Crippen molar-refractivity contribution in [2.24, 2.45) is 17.9 Å². The molecule has 2 amide bonds. The van der Waals surface area contributed by atoms with Crippen molar-refractivity contribution < 1.29 is 9.18 Å². The van der Waals surface area contributed by atoms with Crippen molar-refractivity contribution in [3.05, 3.63) is 48.2 Å². The van der Waals surface area contributed by atoms with Gasteiger partial charge in [-0.25, -0.2) is 24.6 Å². The maximum Gasteiger partial charge on any atom is 0.332 e. The summed E-state index contributed by atoms with van der Waals surface area (Å²) in [4.78, 5) is 19.1. The second-order valence-electron chi connectivity index (χ2n) is 4.86. The third kappa shape index (κ3) is 2.86. The van der Waals surface area contributed by atoms with Crippen LogP contribution >= 0.6 is 0 Å². The summed E-state index contributed by atoms with van der Waals surface area (Å²) in [5.74, 6) is -0.441. The Balaban J connectivity index is 2.20. The highest BCUT2D eigenvalue weighted by molar-refractivity contribution is 6.00. The average Bonchev–Trinajstić information content (AvgIpc) is 2.93. The number of aromatic nitrogens is 3. The van der Waals surface area contributed by atoms with Gasteiger partial charge >= 0.3 is 6.03 Å². The molecule has 3 rings (SSSR count). The summed E-state index contributed by atoms with van der Waals surface area (Å²) in [6, 6.07) is 5.61. The molecule has 0 bridgehead atoms. The third-order valence-electron chi connectivity index (χ3n) is 3.28. The quantitative estimate of drug-likeness (QED) is 0.569. The molecule has 23 heavy (non-hydrogen) atoms. The molecular weight excluding hydrogens is 299 g/mol. The summed E-state index contributed by atoms with van der Waals surface area (Å²) < 4.78 is 15.9. The second-order valence-corrected chi connectivity index (χ2v) is 4.86. The molecule has 0 aliphatic heterocycles. The first-order valence-electron chi connectivity index (χ1n) is 6.70. The number of nitrogens with two attached hydrogens (primary N) is 1. The molecule has 8 heteroatoms. The predicted octanol–water partition coefficient (Wildman–Crippen LogP) is 1.78. The minimum Gasteiger partial charge on any atom is -0.350 e. The molecule has 0 spiro atoms. The summed E-state index contributed by atoms with van der Waals surface area (Å²) in [5.41, 5.74) is 9.17. The number of nitrogens with one attached hydrogen (secondary N) is 1. The number of urea groups is 1. The van der Waals surface area contributed by atoms with Crippen LogP contribution in [0.2, 0.25) is 0 Å². The number of halogens is 1. The normalized spacial score (nSPS) is 11.2. The second kappa shape index (κ2) is 5.84. The molecule has 0 aliphatic rings. The summed E-state index contributed by atoms with van der Waals surface area (Å²) >= 11 is 0. The average molecular weight is 312 g/mol. The first-order valence-corrected chi connectivity index (χ1v) is 6.70. The van der Waals surface area contributed by atoms with E-state index >= 15 is 0 Å². The molecule has 0 saturated carbocycles. The van der Waals surface area contributed by atoms with Crippen molar-refractivity contribution in [2.75, 3.05) is 0 Å². The number of imidazole rings is 1. The van der Waals surface area contributed by atoms with Gasteiger partial charge in [-0.15, -0.1) is 0 Å². The van der Waals surface area contributed by atoms with E-state index in [9.17, 15) is 9.18 Å². The number of hydrogen-bond donors (Lipinski definition) is 2. The SMILES string of the molecule is Cn1cncc1-c1cc(/C=N/NC(N)=O)c2cccc(F)c2n1. The van der Waals surface area contributed by atoms with Gasteiger partial charge in [0.15, 0.2) is 0 Å². The number of hydrogen-bond acceptors (Lipinski definition) is 4. The number of nitrogens with zero attached hydrogens (tertiary/aromatic N) is 4. The van der Waals surface area contributed by atoms with Crippen LogP contribution in [-0.2, 0) is 7.05 Å². The number of aryl methyl sites for hydroxylation is 1. The maximum atomic E-state index is 14.1. The van der Waals surface area contributed by atoms with Crippen LogP contribution in [0.1, 0.15) is 5.56 Å². The Labute approximate surface area is 130 Å². The summed E-state index contributed by atoms with van der Waals surface area (Å²) in [5, 5.41) is 4.32. The van der Waals surface area contributed by atoms with Gasteiger partial charge in [0, 0.05) is 18.0 Å². The zero-order valence-electron chi connectivity index (χ0n) is 12.2. The molecular formula is C15H13FN6O. The molecule has 3 N–H and O–H groups in total. The van der Waals surface area contributed by atoms with E-state index in [2.05, 4.69) is 20.5 Å². The Hall–Kier alpha value is -3.29. The van der Waals surface area contributed by atoms with Crippen molar-refractivity contribution in [3.8, 4) is 11.4 Å². The van der Waals surface area contributed by atoms with Gasteiger partial charge in [0.2, 0.25) is 0 Å². The molecule has 0 radical (unpaired) electrons. The molecule has 2 aromatic heterocycles. The largest absolute Gasteiger partial charge is 0.350 e. The number of amides is 2. The van der Waals surface area contributed by atoms with Crippen LogP contribution in [0.4, 0.5) is 9.18 Å². The van der Waals surface area contributed by atoms with Gasteiger partial charge in [0.1, 0.15) is 11.3 Å². The van der Waals surface area contributed by atoms with E-state index in [1.54, 1.807) is 35.3 Å². The zero-order valence-corrected chi connectivity index (χ0v) is 12.2. The summed E-state index contributed by atoms with van der Waals surface area (Å²) in [6.45, 7) is 0. The van der Waals surface area contributed by atoms with E-state index in [1.807, 2.05) is 7.05 Å². The van der Waals surface area contributed by atoms with Gasteiger partial charge in [-0.3, -0.25) is 0 Å². The van der Waals surface area contributed by atoms with E-state index in [0.717, 1.165) is 5.69 Å². The first-order chi connectivity index (χ1) is 11.1. The van der Waals surface area contributed by atoms with E-state index < -0.39 is 11.8 Å². The number of fused-ring (bicyclic) bond motifs is 1. The van der Waals surface area contributed by atoms with Gasteiger partial charge in [-0.05, 0) is 12.1 Å². The summed E-state index contributed by atoms with van der Waals surface area (Å²) in [6.07, 6.45) is 4.66. The lowest BCUT2D eigenvalue weighted by molar-refractivity contribution is 0.249.